The molecule has 2 aromatic heterocycles. The van der Waals surface area contributed by atoms with Crippen molar-refractivity contribution in [2.75, 3.05) is 37.2 Å². The van der Waals surface area contributed by atoms with Gasteiger partial charge in [-0.3, -0.25) is 9.58 Å². The van der Waals surface area contributed by atoms with Crippen LogP contribution in [-0.4, -0.2) is 60.4 Å². The molecule has 0 spiro atoms. The Hall–Kier alpha value is -2.42. The molecule has 1 fully saturated rings. The van der Waals surface area contributed by atoms with Gasteiger partial charge in [0.15, 0.2) is 0 Å². The molecule has 176 valence electrons. The lowest BCUT2D eigenvalue weighted by molar-refractivity contribution is 0.230. The average molecular weight is 566 g/mol. The van der Waals surface area contributed by atoms with E-state index in [0.717, 1.165) is 52.1 Å². The van der Waals surface area contributed by atoms with Gasteiger partial charge in [0.05, 0.1) is 21.5 Å². The number of benzene rings is 2. The molecule has 2 aromatic carbocycles. The number of nitrogens with zero attached hydrogens (tertiary/aromatic N) is 4. The Kier molecular flexibility index (Phi) is 6.53. The first kappa shape index (κ1) is 22.1. The van der Waals surface area contributed by atoms with Crippen molar-refractivity contribution in [2.45, 2.75) is 19.4 Å². The average Bonchev–Trinajstić information content (AvgIpc) is 3.67. The molecule has 2 aliphatic heterocycles. The SMILES string of the molecule is C1=I(=c2cc(CCc3ccccc3)ccn2-c2ccc3c(cnn3CCN3CCNCC3)c2)C1. The van der Waals surface area contributed by atoms with Crippen LogP contribution in [0.2, 0.25) is 0 Å². The second-order valence-corrected chi connectivity index (χ2v) is 14.3. The van der Waals surface area contributed by atoms with E-state index in [4.69, 9.17) is 5.10 Å². The van der Waals surface area contributed by atoms with Gasteiger partial charge >= 0.3 is 0 Å². The Bertz CT molecular complexity index is 1420. The predicted molar refractivity (Wildman–Crippen MR) is 150 cm³/mol. The van der Waals surface area contributed by atoms with Gasteiger partial charge in [-0.15, -0.1) is 18.9 Å². The smallest absolute Gasteiger partial charge is 0.0703 e. The number of hydrogen-bond donors (Lipinski definition) is 1. The Morgan fingerprint density at radius 3 is 2.53 bits per heavy atom. The molecular formula is C28H32IN5. The number of hydrogen-bond acceptors (Lipinski definition) is 3. The summed E-state index contributed by atoms with van der Waals surface area (Å²) in [5, 5.41) is 9.38. The quantitative estimate of drug-likeness (QED) is 0.267. The summed E-state index contributed by atoms with van der Waals surface area (Å²) in [6, 6.07) is 22.5. The van der Waals surface area contributed by atoms with Crippen LogP contribution in [0.25, 0.3) is 16.6 Å². The summed E-state index contributed by atoms with van der Waals surface area (Å²) in [6.07, 6.45) is 6.53. The van der Waals surface area contributed by atoms with E-state index >= 15 is 0 Å². The molecule has 34 heavy (non-hydrogen) atoms. The Balaban J connectivity index is 1.23. The van der Waals surface area contributed by atoms with Crippen LogP contribution in [0.3, 0.4) is 0 Å². The maximum atomic E-state index is 4.72. The zero-order valence-electron chi connectivity index (χ0n) is 19.5. The van der Waals surface area contributed by atoms with Crippen molar-refractivity contribution >= 4 is 33.8 Å². The minimum Gasteiger partial charge on any atom is -0.314 e. The molecule has 4 aromatic rings. The second kappa shape index (κ2) is 10.1. The van der Waals surface area contributed by atoms with Gasteiger partial charge in [0.25, 0.3) is 0 Å². The van der Waals surface area contributed by atoms with Gasteiger partial charge in [0, 0.05) is 54.4 Å². The summed E-state index contributed by atoms with van der Waals surface area (Å²) in [6.45, 7) is 6.46. The molecule has 0 amide bonds. The standard InChI is InChI=1S/C28H32IN5/c1-2-4-23(5-3-1)6-7-24-10-15-33(28(20-24)29-11-12-29)26-8-9-27-25(21-26)22-31-34(27)19-18-32-16-13-30-14-17-32/h1-5,8-11,15,20-22,30H,6-7,12-14,16-19H2. The number of nitrogens with one attached hydrogen (secondary N) is 1. The minimum atomic E-state index is -1.08. The lowest BCUT2D eigenvalue weighted by atomic mass is 10.1. The number of aromatic nitrogens is 3. The van der Waals surface area contributed by atoms with Crippen LogP contribution in [0.1, 0.15) is 11.1 Å². The molecule has 0 saturated carbocycles. The molecule has 0 atom stereocenters. The molecule has 1 N–H and O–H groups in total. The van der Waals surface area contributed by atoms with E-state index in [2.05, 4.69) is 90.3 Å². The number of aryl methyl sites for hydroxylation is 2. The summed E-state index contributed by atoms with van der Waals surface area (Å²) in [5.74, 6) is 0. The fourth-order valence-electron chi connectivity index (χ4n) is 4.76. The highest BCUT2D eigenvalue weighted by Crippen LogP contribution is 2.29. The van der Waals surface area contributed by atoms with Gasteiger partial charge in [0.2, 0.25) is 0 Å². The van der Waals surface area contributed by atoms with Crippen molar-refractivity contribution in [1.82, 2.24) is 24.6 Å². The third-order valence-electron chi connectivity index (χ3n) is 6.82. The van der Waals surface area contributed by atoms with Crippen molar-refractivity contribution in [1.29, 1.82) is 0 Å². The molecule has 6 rings (SSSR count). The number of rotatable bonds is 7. The monoisotopic (exact) mass is 565 g/mol. The molecule has 4 heterocycles. The predicted octanol–water partition coefficient (Wildman–Crippen LogP) is 4.37. The number of pyridine rings is 1. The number of halogens is 1. The highest BCUT2D eigenvalue weighted by Gasteiger charge is 2.11. The Morgan fingerprint density at radius 1 is 0.882 bits per heavy atom. The van der Waals surface area contributed by atoms with Crippen molar-refractivity contribution in [3.05, 3.63) is 87.5 Å². The van der Waals surface area contributed by atoms with Gasteiger partial charge in [0.1, 0.15) is 0 Å². The summed E-state index contributed by atoms with van der Waals surface area (Å²) in [5.41, 5.74) is 5.36. The van der Waals surface area contributed by atoms with Crippen molar-refractivity contribution in [3.63, 3.8) is 0 Å². The first-order chi connectivity index (χ1) is 16.8. The van der Waals surface area contributed by atoms with E-state index in [1.807, 2.05) is 6.20 Å². The molecule has 0 unspecified atom stereocenters. The van der Waals surface area contributed by atoms with Crippen LogP contribution < -0.4 is 5.32 Å². The molecular weight excluding hydrogens is 533 g/mol. The zero-order valence-corrected chi connectivity index (χ0v) is 21.7. The molecule has 0 bridgehead atoms. The van der Waals surface area contributed by atoms with Crippen LogP contribution in [0.5, 0.6) is 0 Å². The van der Waals surface area contributed by atoms with Crippen molar-refractivity contribution < 1.29 is 0 Å². The zero-order chi connectivity index (χ0) is 22.7. The minimum absolute atomic E-state index is 0.947. The molecule has 2 aliphatic rings. The first-order valence-electron chi connectivity index (χ1n) is 12.3. The lowest BCUT2D eigenvalue weighted by Gasteiger charge is -2.27. The number of fused-ring (bicyclic) bond motifs is 1. The number of piperazine rings is 1. The third-order valence-corrected chi connectivity index (χ3v) is 10.8. The number of alkyl halides is 1. The molecule has 1 saturated heterocycles. The fraction of sp³-hybridized carbons (Fsp3) is 0.321. The van der Waals surface area contributed by atoms with Crippen LogP contribution in [0.15, 0.2) is 73.1 Å². The summed E-state index contributed by atoms with van der Waals surface area (Å²) < 4.78 is 10.1. The highest BCUT2D eigenvalue weighted by atomic mass is 127. The van der Waals surface area contributed by atoms with Gasteiger partial charge < -0.3 is 9.88 Å². The fourth-order valence-corrected chi connectivity index (χ4v) is 8.85. The van der Waals surface area contributed by atoms with Crippen LogP contribution >= 0.6 is 18.9 Å². The third kappa shape index (κ3) is 4.99. The molecule has 5 nitrogen and oxygen atoms in total. The topological polar surface area (TPSA) is 38.0 Å². The summed E-state index contributed by atoms with van der Waals surface area (Å²) in [7, 11) is 0. The van der Waals surface area contributed by atoms with Gasteiger partial charge in [-0.2, -0.15) is 5.10 Å². The van der Waals surface area contributed by atoms with Gasteiger partial charge in [-0.1, -0.05) is 30.3 Å². The lowest BCUT2D eigenvalue weighted by Crippen LogP contribution is -2.44. The van der Waals surface area contributed by atoms with Crippen LogP contribution in [-0.2, 0) is 19.4 Å². The van der Waals surface area contributed by atoms with Gasteiger partial charge in [-0.05, 0) is 58.3 Å². The van der Waals surface area contributed by atoms with Crippen molar-refractivity contribution in [3.8, 4) is 5.69 Å². The normalized spacial score (nSPS) is 18.7. The maximum absolute atomic E-state index is 4.72. The van der Waals surface area contributed by atoms with Gasteiger partial charge in [-0.25, -0.2) is 0 Å². The van der Waals surface area contributed by atoms with Crippen LogP contribution in [0, 0.1) is 3.28 Å². The van der Waals surface area contributed by atoms with E-state index < -0.39 is 18.9 Å². The molecule has 0 radical (unpaired) electrons. The van der Waals surface area contributed by atoms with E-state index in [9.17, 15) is 0 Å². The van der Waals surface area contributed by atoms with E-state index in [-0.39, 0.29) is 0 Å². The first-order valence-corrected chi connectivity index (χ1v) is 16.1. The highest BCUT2D eigenvalue weighted by molar-refractivity contribution is 14.2. The molecule has 6 heteroatoms. The summed E-state index contributed by atoms with van der Waals surface area (Å²) in [4.78, 5) is 2.53. The Morgan fingerprint density at radius 2 is 1.71 bits per heavy atom. The van der Waals surface area contributed by atoms with Crippen molar-refractivity contribution in [2.24, 2.45) is 0 Å². The van der Waals surface area contributed by atoms with E-state index in [1.54, 1.807) is 3.28 Å². The van der Waals surface area contributed by atoms with E-state index in [0.29, 0.717) is 0 Å². The molecule has 0 aliphatic carbocycles. The summed E-state index contributed by atoms with van der Waals surface area (Å²) >= 11 is -1.08. The largest absolute Gasteiger partial charge is 0.314 e. The van der Waals surface area contributed by atoms with E-state index in [1.165, 1.54) is 32.1 Å². The van der Waals surface area contributed by atoms with Crippen LogP contribution in [0.4, 0.5) is 0 Å². The second-order valence-electron chi connectivity index (χ2n) is 9.12. The maximum Gasteiger partial charge on any atom is 0.0703 e. The Labute approximate surface area is 207 Å².